The molecule has 0 amide bonds. The summed E-state index contributed by atoms with van der Waals surface area (Å²) in [6, 6.07) is 0. The average Bonchev–Trinajstić information content (AvgIpc) is 2.48. The minimum absolute atomic E-state index is 0.121. The monoisotopic (exact) mass is 357 g/mol. The lowest BCUT2D eigenvalue weighted by atomic mass is 9.85. The van der Waals surface area contributed by atoms with Gasteiger partial charge >= 0.3 is 0 Å². The Labute approximate surface area is 133 Å². The van der Waals surface area contributed by atoms with E-state index in [4.69, 9.17) is 0 Å². The van der Waals surface area contributed by atoms with Crippen LogP contribution in [0.1, 0.15) is 51.9 Å². The lowest BCUT2D eigenvalue weighted by molar-refractivity contribution is 0.0167. The van der Waals surface area contributed by atoms with Gasteiger partial charge in [-0.25, -0.2) is 4.68 Å². The van der Waals surface area contributed by atoms with Gasteiger partial charge in [-0.05, 0) is 35.2 Å². The summed E-state index contributed by atoms with van der Waals surface area (Å²) < 4.78 is 1.97. The molecule has 0 bridgehead atoms. The predicted molar refractivity (Wildman–Crippen MR) is 87.6 cm³/mol. The third kappa shape index (κ3) is 4.30. The maximum atomic E-state index is 12.2. The van der Waals surface area contributed by atoms with Crippen LogP contribution in [0.3, 0.4) is 0 Å². The van der Waals surface area contributed by atoms with Crippen LogP contribution in [0.4, 0.5) is 5.69 Å². The summed E-state index contributed by atoms with van der Waals surface area (Å²) in [6.07, 6.45) is 8.59. The van der Waals surface area contributed by atoms with Crippen molar-refractivity contribution in [3.63, 3.8) is 0 Å². The Kier molecular flexibility index (Phi) is 5.81. The van der Waals surface area contributed by atoms with Gasteiger partial charge in [0.1, 0.15) is 4.47 Å². The quantitative estimate of drug-likeness (QED) is 0.821. The Bertz CT molecular complexity index is 524. The van der Waals surface area contributed by atoms with E-state index in [9.17, 15) is 9.90 Å². The van der Waals surface area contributed by atoms with Crippen LogP contribution >= 0.6 is 15.9 Å². The second-order valence-electron chi connectivity index (χ2n) is 5.89. The molecule has 1 fully saturated rings. The van der Waals surface area contributed by atoms with Crippen molar-refractivity contribution in [2.24, 2.45) is 0 Å². The van der Waals surface area contributed by atoms with Crippen molar-refractivity contribution in [1.82, 2.24) is 9.78 Å². The van der Waals surface area contributed by atoms with E-state index >= 15 is 0 Å². The van der Waals surface area contributed by atoms with Gasteiger partial charge in [0.25, 0.3) is 5.56 Å². The maximum Gasteiger partial charge on any atom is 0.283 e. The van der Waals surface area contributed by atoms with Crippen molar-refractivity contribution in [3.05, 3.63) is 21.0 Å². The zero-order valence-corrected chi connectivity index (χ0v) is 14.2. The van der Waals surface area contributed by atoms with Crippen LogP contribution < -0.4 is 10.9 Å². The molecule has 21 heavy (non-hydrogen) atoms. The van der Waals surface area contributed by atoms with E-state index in [-0.39, 0.29) is 5.56 Å². The highest BCUT2D eigenvalue weighted by Gasteiger charge is 2.29. The fourth-order valence-electron chi connectivity index (χ4n) is 2.70. The molecular formula is C15H24BrN3O2. The molecule has 2 N–H and O–H groups in total. The summed E-state index contributed by atoms with van der Waals surface area (Å²) in [4.78, 5) is 12.2. The number of unbranched alkanes of at least 4 members (excludes halogenated alkanes) is 1. The molecule has 0 aromatic carbocycles. The number of rotatable bonds is 6. The number of hydrogen-bond donors (Lipinski definition) is 2. The lowest BCUT2D eigenvalue weighted by Gasteiger charge is -2.32. The zero-order chi connectivity index (χ0) is 15.3. The molecule has 0 unspecified atom stereocenters. The molecule has 1 saturated carbocycles. The Balaban J connectivity index is 2.03. The molecule has 1 aromatic rings. The second kappa shape index (κ2) is 7.40. The van der Waals surface area contributed by atoms with Crippen molar-refractivity contribution >= 4 is 21.6 Å². The van der Waals surface area contributed by atoms with E-state index in [1.807, 2.05) is 0 Å². The number of aromatic nitrogens is 2. The minimum Gasteiger partial charge on any atom is -0.388 e. The number of nitrogens with zero attached hydrogens (tertiary/aromatic N) is 2. The number of nitrogens with one attached hydrogen (secondary N) is 1. The fourth-order valence-corrected chi connectivity index (χ4v) is 3.15. The van der Waals surface area contributed by atoms with Crippen LogP contribution in [0.15, 0.2) is 15.5 Å². The molecule has 118 valence electrons. The molecule has 5 nitrogen and oxygen atoms in total. The third-order valence-corrected chi connectivity index (χ3v) is 4.87. The van der Waals surface area contributed by atoms with Gasteiger partial charge in [0.05, 0.1) is 17.5 Å². The molecule has 1 aromatic heterocycles. The fraction of sp³-hybridized carbons (Fsp3) is 0.733. The summed E-state index contributed by atoms with van der Waals surface area (Å²) >= 11 is 3.35. The second-order valence-corrected chi connectivity index (χ2v) is 6.69. The van der Waals surface area contributed by atoms with Crippen LogP contribution in [0, 0.1) is 0 Å². The molecule has 0 atom stereocenters. The number of anilines is 1. The van der Waals surface area contributed by atoms with E-state index in [0.29, 0.717) is 23.2 Å². The van der Waals surface area contributed by atoms with Crippen LogP contribution in [-0.2, 0) is 6.54 Å². The van der Waals surface area contributed by atoms with Gasteiger partial charge in [0.2, 0.25) is 0 Å². The van der Waals surface area contributed by atoms with Crippen molar-refractivity contribution < 1.29 is 5.11 Å². The van der Waals surface area contributed by atoms with Crippen molar-refractivity contribution in [2.75, 3.05) is 11.9 Å². The maximum absolute atomic E-state index is 12.2. The first-order chi connectivity index (χ1) is 10.1. The first-order valence-electron chi connectivity index (χ1n) is 7.77. The first kappa shape index (κ1) is 16.5. The van der Waals surface area contributed by atoms with Gasteiger partial charge in [-0.3, -0.25) is 4.79 Å². The van der Waals surface area contributed by atoms with E-state index in [1.165, 1.54) is 11.1 Å². The van der Waals surface area contributed by atoms with Gasteiger partial charge in [-0.1, -0.05) is 32.6 Å². The highest BCUT2D eigenvalue weighted by Crippen LogP contribution is 2.28. The first-order valence-corrected chi connectivity index (χ1v) is 8.57. The highest BCUT2D eigenvalue weighted by molar-refractivity contribution is 9.10. The molecule has 1 heterocycles. The average molecular weight is 358 g/mol. The van der Waals surface area contributed by atoms with Crippen LogP contribution in [0.5, 0.6) is 0 Å². The molecule has 0 aliphatic heterocycles. The predicted octanol–water partition coefficient (Wildman–Crippen LogP) is 2.91. The van der Waals surface area contributed by atoms with Gasteiger partial charge in [0, 0.05) is 13.1 Å². The summed E-state index contributed by atoms with van der Waals surface area (Å²) in [5.74, 6) is 0. The van der Waals surface area contributed by atoms with Gasteiger partial charge in [0.15, 0.2) is 0 Å². The lowest BCUT2D eigenvalue weighted by Crippen LogP contribution is -2.39. The molecule has 0 spiro atoms. The van der Waals surface area contributed by atoms with Crippen molar-refractivity contribution in [2.45, 2.75) is 64.0 Å². The summed E-state index contributed by atoms with van der Waals surface area (Å²) in [6.45, 7) is 3.19. The van der Waals surface area contributed by atoms with Crippen molar-refractivity contribution in [3.8, 4) is 0 Å². The largest absolute Gasteiger partial charge is 0.388 e. The van der Waals surface area contributed by atoms with Crippen molar-refractivity contribution in [1.29, 1.82) is 0 Å². The summed E-state index contributed by atoms with van der Waals surface area (Å²) in [7, 11) is 0. The molecule has 1 aliphatic carbocycles. The molecule has 0 saturated heterocycles. The number of aryl methyl sites for hydroxylation is 1. The molecular weight excluding hydrogens is 334 g/mol. The SMILES string of the molecule is CCCCn1ncc(NCC2(O)CCCCC2)c(Br)c1=O. The zero-order valence-electron chi connectivity index (χ0n) is 12.6. The molecule has 2 rings (SSSR count). The standard InChI is InChI=1S/C15H24BrN3O2/c1-2-3-9-19-14(20)13(16)12(10-18-19)17-11-15(21)7-5-4-6-8-15/h10,17,21H,2-9,11H2,1H3. The van der Waals surface area contributed by atoms with Gasteiger partial charge in [-0.15, -0.1) is 0 Å². The van der Waals surface area contributed by atoms with Crippen LogP contribution in [-0.4, -0.2) is 27.0 Å². The smallest absolute Gasteiger partial charge is 0.283 e. The Morgan fingerprint density at radius 3 is 2.81 bits per heavy atom. The topological polar surface area (TPSA) is 67.2 Å². The number of halogens is 1. The summed E-state index contributed by atoms with van der Waals surface area (Å²) in [5, 5.41) is 17.8. The van der Waals surface area contributed by atoms with Crippen LogP contribution in [0.2, 0.25) is 0 Å². The van der Waals surface area contributed by atoms with Gasteiger partial charge in [-0.2, -0.15) is 5.10 Å². The highest BCUT2D eigenvalue weighted by atomic mass is 79.9. The molecule has 1 aliphatic rings. The number of aliphatic hydroxyl groups is 1. The number of hydrogen-bond acceptors (Lipinski definition) is 4. The third-order valence-electron chi connectivity index (χ3n) is 4.10. The summed E-state index contributed by atoms with van der Waals surface area (Å²) in [5.41, 5.74) is -0.120. The molecule has 0 radical (unpaired) electrons. The normalized spacial score (nSPS) is 17.7. The van der Waals surface area contributed by atoms with E-state index < -0.39 is 5.60 Å². The van der Waals surface area contributed by atoms with E-state index in [1.54, 1.807) is 6.20 Å². The minimum atomic E-state index is -0.658. The Morgan fingerprint density at radius 1 is 1.43 bits per heavy atom. The Hall–Kier alpha value is -0.880. The van der Waals surface area contributed by atoms with E-state index in [2.05, 4.69) is 33.3 Å². The van der Waals surface area contributed by atoms with Crippen LogP contribution in [0.25, 0.3) is 0 Å². The molecule has 6 heteroatoms. The van der Waals surface area contributed by atoms with E-state index in [0.717, 1.165) is 38.5 Å². The Morgan fingerprint density at radius 2 is 2.14 bits per heavy atom. The van der Waals surface area contributed by atoms with Gasteiger partial charge < -0.3 is 10.4 Å².